The molecule has 0 spiro atoms. The van der Waals surface area contributed by atoms with Gasteiger partial charge in [0.2, 0.25) is 5.75 Å². The third kappa shape index (κ3) is 2.90. The van der Waals surface area contributed by atoms with E-state index in [0.717, 1.165) is 36.0 Å². The van der Waals surface area contributed by atoms with Crippen molar-refractivity contribution in [3.63, 3.8) is 0 Å². The van der Waals surface area contributed by atoms with Crippen LogP contribution in [0.5, 0.6) is 17.2 Å². The first kappa shape index (κ1) is 17.1. The molecule has 5 heteroatoms. The summed E-state index contributed by atoms with van der Waals surface area (Å²) in [6.07, 6.45) is 2.84. The summed E-state index contributed by atoms with van der Waals surface area (Å²) in [7, 11) is 6.21. The molecule has 0 amide bonds. The first-order chi connectivity index (χ1) is 12.1. The number of ether oxygens (including phenoxy) is 4. The molecule has 3 rings (SSSR count). The number of benzene rings is 2. The Balaban J connectivity index is 2.32. The van der Waals surface area contributed by atoms with Gasteiger partial charge < -0.3 is 18.9 Å². The Morgan fingerprint density at radius 2 is 1.60 bits per heavy atom. The molecule has 0 saturated heterocycles. The molecule has 0 fully saturated rings. The predicted molar refractivity (Wildman–Crippen MR) is 94.9 cm³/mol. The summed E-state index contributed by atoms with van der Waals surface area (Å²) in [6, 6.07) is 7.67. The summed E-state index contributed by atoms with van der Waals surface area (Å²) in [6.45, 7) is 0. The van der Waals surface area contributed by atoms with Crippen molar-refractivity contribution in [2.75, 3.05) is 28.4 Å². The maximum Gasteiger partial charge on any atom is 0.337 e. The molecule has 0 bridgehead atoms. The number of fused-ring (bicyclic) bond motifs is 3. The van der Waals surface area contributed by atoms with E-state index >= 15 is 0 Å². The van der Waals surface area contributed by atoms with Crippen LogP contribution in [0.2, 0.25) is 0 Å². The molecule has 1 aliphatic carbocycles. The lowest BCUT2D eigenvalue weighted by Gasteiger charge is -2.20. The first-order valence-corrected chi connectivity index (χ1v) is 8.18. The molecule has 0 radical (unpaired) electrons. The van der Waals surface area contributed by atoms with Crippen molar-refractivity contribution in [1.82, 2.24) is 0 Å². The minimum atomic E-state index is -0.354. The summed E-state index contributed by atoms with van der Waals surface area (Å²) >= 11 is 0. The summed E-state index contributed by atoms with van der Waals surface area (Å²) in [5.41, 5.74) is 4.75. The second-order valence-electron chi connectivity index (χ2n) is 5.90. The molecular formula is C20H22O5. The Hall–Kier alpha value is -2.69. The minimum Gasteiger partial charge on any atom is -0.493 e. The lowest BCUT2D eigenvalue weighted by Crippen LogP contribution is -2.04. The zero-order valence-electron chi connectivity index (χ0n) is 15.0. The fraction of sp³-hybridized carbons (Fsp3) is 0.350. The average Bonchev–Trinajstić information content (AvgIpc) is 2.84. The van der Waals surface area contributed by atoms with Gasteiger partial charge in [-0.05, 0) is 54.2 Å². The van der Waals surface area contributed by atoms with Gasteiger partial charge in [0, 0.05) is 5.56 Å². The maximum absolute atomic E-state index is 12.0. The lowest BCUT2D eigenvalue weighted by atomic mass is 9.93. The highest BCUT2D eigenvalue weighted by atomic mass is 16.5. The highest BCUT2D eigenvalue weighted by Crippen LogP contribution is 2.49. The third-order valence-corrected chi connectivity index (χ3v) is 4.60. The Bertz CT molecular complexity index is 810. The Kier molecular flexibility index (Phi) is 4.83. The van der Waals surface area contributed by atoms with Crippen LogP contribution in [0, 0.1) is 0 Å². The van der Waals surface area contributed by atoms with E-state index in [9.17, 15) is 4.79 Å². The molecule has 5 nitrogen and oxygen atoms in total. The van der Waals surface area contributed by atoms with E-state index in [2.05, 4.69) is 0 Å². The molecule has 1 aliphatic rings. The van der Waals surface area contributed by atoms with E-state index < -0.39 is 0 Å². The van der Waals surface area contributed by atoms with E-state index in [0.29, 0.717) is 22.8 Å². The topological polar surface area (TPSA) is 54.0 Å². The molecule has 25 heavy (non-hydrogen) atoms. The SMILES string of the molecule is COC(=O)c1ccc2c(c1)-c1c(cc(OC)c(OC)c1OC)CCC2. The van der Waals surface area contributed by atoms with Crippen LogP contribution >= 0.6 is 0 Å². The van der Waals surface area contributed by atoms with Crippen molar-refractivity contribution in [3.8, 4) is 28.4 Å². The van der Waals surface area contributed by atoms with Gasteiger partial charge in [0.25, 0.3) is 0 Å². The number of carbonyl (C=O) groups is 1. The van der Waals surface area contributed by atoms with E-state index in [-0.39, 0.29) is 5.97 Å². The second-order valence-corrected chi connectivity index (χ2v) is 5.90. The molecule has 0 aromatic heterocycles. The van der Waals surface area contributed by atoms with Crippen LogP contribution < -0.4 is 14.2 Å². The summed E-state index contributed by atoms with van der Waals surface area (Å²) in [5.74, 6) is 1.47. The number of carbonyl (C=O) groups excluding carboxylic acids is 1. The van der Waals surface area contributed by atoms with Crippen molar-refractivity contribution in [2.24, 2.45) is 0 Å². The van der Waals surface area contributed by atoms with Gasteiger partial charge in [0.15, 0.2) is 11.5 Å². The molecule has 0 N–H and O–H groups in total. The van der Waals surface area contributed by atoms with Gasteiger partial charge in [-0.1, -0.05) is 6.07 Å². The molecule has 0 heterocycles. The van der Waals surface area contributed by atoms with Gasteiger partial charge in [-0.3, -0.25) is 0 Å². The summed E-state index contributed by atoms with van der Waals surface area (Å²) in [5, 5.41) is 0. The van der Waals surface area contributed by atoms with Crippen LogP contribution in [-0.4, -0.2) is 34.4 Å². The van der Waals surface area contributed by atoms with Crippen molar-refractivity contribution in [1.29, 1.82) is 0 Å². The Labute approximate surface area is 147 Å². The smallest absolute Gasteiger partial charge is 0.337 e. The normalized spacial score (nSPS) is 12.5. The molecule has 0 unspecified atom stereocenters. The largest absolute Gasteiger partial charge is 0.493 e. The van der Waals surface area contributed by atoms with Gasteiger partial charge in [-0.15, -0.1) is 0 Å². The van der Waals surface area contributed by atoms with E-state index in [1.54, 1.807) is 21.3 Å². The standard InChI is InChI=1S/C20H22O5/c1-22-16-11-13-7-5-6-12-8-9-14(20(21)25-4)10-15(12)17(13)19(24-3)18(16)23-2/h8-11H,5-7H2,1-4H3. The van der Waals surface area contributed by atoms with E-state index in [1.165, 1.54) is 12.7 Å². The lowest BCUT2D eigenvalue weighted by molar-refractivity contribution is 0.0601. The molecule has 0 atom stereocenters. The van der Waals surface area contributed by atoms with Crippen molar-refractivity contribution >= 4 is 5.97 Å². The fourth-order valence-electron chi connectivity index (χ4n) is 3.44. The number of aryl methyl sites for hydroxylation is 2. The van der Waals surface area contributed by atoms with Crippen LogP contribution in [-0.2, 0) is 17.6 Å². The fourth-order valence-corrected chi connectivity index (χ4v) is 3.44. The molecule has 2 aromatic carbocycles. The van der Waals surface area contributed by atoms with Crippen molar-refractivity contribution in [2.45, 2.75) is 19.3 Å². The zero-order chi connectivity index (χ0) is 18.0. The maximum atomic E-state index is 12.0. The average molecular weight is 342 g/mol. The molecule has 132 valence electrons. The highest BCUT2D eigenvalue weighted by Gasteiger charge is 2.26. The van der Waals surface area contributed by atoms with Gasteiger partial charge in [-0.2, -0.15) is 0 Å². The molecule has 2 aromatic rings. The van der Waals surface area contributed by atoms with Crippen LogP contribution in [0.1, 0.15) is 27.9 Å². The van der Waals surface area contributed by atoms with E-state index in [4.69, 9.17) is 18.9 Å². The van der Waals surface area contributed by atoms with Gasteiger partial charge in [0.05, 0.1) is 34.0 Å². The van der Waals surface area contributed by atoms with Gasteiger partial charge in [-0.25, -0.2) is 4.79 Å². The quantitative estimate of drug-likeness (QED) is 0.794. The highest BCUT2D eigenvalue weighted by molar-refractivity contribution is 5.93. The molecule has 0 saturated carbocycles. The number of hydrogen-bond acceptors (Lipinski definition) is 5. The number of hydrogen-bond donors (Lipinski definition) is 0. The second kappa shape index (κ2) is 7.05. The van der Waals surface area contributed by atoms with Crippen molar-refractivity contribution in [3.05, 3.63) is 41.0 Å². The van der Waals surface area contributed by atoms with Crippen LogP contribution in [0.25, 0.3) is 11.1 Å². The monoisotopic (exact) mass is 342 g/mol. The van der Waals surface area contributed by atoms with Crippen LogP contribution in [0.3, 0.4) is 0 Å². The van der Waals surface area contributed by atoms with E-state index in [1.807, 2.05) is 24.3 Å². The van der Waals surface area contributed by atoms with Crippen molar-refractivity contribution < 1.29 is 23.7 Å². The number of rotatable bonds is 4. The van der Waals surface area contributed by atoms with Gasteiger partial charge in [0.1, 0.15) is 0 Å². The Morgan fingerprint density at radius 1 is 0.880 bits per heavy atom. The van der Waals surface area contributed by atoms with Crippen LogP contribution in [0.4, 0.5) is 0 Å². The molecular weight excluding hydrogens is 320 g/mol. The van der Waals surface area contributed by atoms with Crippen LogP contribution in [0.15, 0.2) is 24.3 Å². The Morgan fingerprint density at radius 3 is 2.24 bits per heavy atom. The number of esters is 1. The predicted octanol–water partition coefficient (Wildman–Crippen LogP) is 3.65. The van der Waals surface area contributed by atoms with Gasteiger partial charge >= 0.3 is 5.97 Å². The number of methoxy groups -OCH3 is 4. The summed E-state index contributed by atoms with van der Waals surface area (Å²) in [4.78, 5) is 12.0. The summed E-state index contributed by atoms with van der Waals surface area (Å²) < 4.78 is 21.6. The first-order valence-electron chi connectivity index (χ1n) is 8.18. The minimum absolute atomic E-state index is 0.354. The third-order valence-electron chi connectivity index (χ3n) is 4.60. The molecule has 0 aliphatic heterocycles. The zero-order valence-corrected chi connectivity index (χ0v) is 15.0.